The van der Waals surface area contributed by atoms with Gasteiger partial charge in [-0.15, -0.1) is 0 Å². The van der Waals surface area contributed by atoms with E-state index < -0.39 is 0 Å². The molecule has 0 saturated carbocycles. The van der Waals surface area contributed by atoms with E-state index in [0.29, 0.717) is 0 Å². The zero-order chi connectivity index (χ0) is 14.5. The normalized spacial score (nSPS) is 12.6. The molecule has 3 heteroatoms. The van der Waals surface area contributed by atoms with Crippen molar-refractivity contribution in [1.82, 2.24) is 5.32 Å². The van der Waals surface area contributed by atoms with Gasteiger partial charge in [0.1, 0.15) is 5.76 Å². The van der Waals surface area contributed by atoms with Crippen LogP contribution in [0.4, 0.5) is 0 Å². The van der Waals surface area contributed by atoms with Crippen molar-refractivity contribution in [2.75, 3.05) is 6.54 Å². The molecule has 0 aliphatic carbocycles. The summed E-state index contributed by atoms with van der Waals surface area (Å²) in [5.74, 6) is 0.990. The summed E-state index contributed by atoms with van der Waals surface area (Å²) >= 11 is 3.38. The average molecular weight is 336 g/mol. The van der Waals surface area contributed by atoms with Gasteiger partial charge in [-0.05, 0) is 66.9 Å². The third-order valence-corrected chi connectivity index (χ3v) is 3.73. The van der Waals surface area contributed by atoms with Gasteiger partial charge in [0.2, 0.25) is 0 Å². The molecule has 0 saturated heterocycles. The van der Waals surface area contributed by atoms with Crippen molar-refractivity contribution in [3.05, 3.63) is 57.5 Å². The zero-order valence-corrected chi connectivity index (χ0v) is 14.0. The average Bonchev–Trinajstić information content (AvgIpc) is 2.80. The van der Waals surface area contributed by atoms with Gasteiger partial charge in [0.15, 0.2) is 4.67 Å². The molecule has 1 aromatic heterocycles. The molecular formula is C17H22BrNO. The summed E-state index contributed by atoms with van der Waals surface area (Å²) in [5.41, 5.74) is 3.98. The maximum atomic E-state index is 5.73. The lowest BCUT2D eigenvalue weighted by Gasteiger charge is -2.17. The highest BCUT2D eigenvalue weighted by atomic mass is 79.9. The maximum Gasteiger partial charge on any atom is 0.169 e. The Morgan fingerprint density at radius 1 is 1.15 bits per heavy atom. The van der Waals surface area contributed by atoms with E-state index in [1.807, 2.05) is 12.1 Å². The van der Waals surface area contributed by atoms with Crippen LogP contribution in [0.25, 0.3) is 0 Å². The summed E-state index contributed by atoms with van der Waals surface area (Å²) in [6.45, 7) is 7.47. The summed E-state index contributed by atoms with van der Waals surface area (Å²) in [6, 6.07) is 10.9. The first-order valence-electron chi connectivity index (χ1n) is 7.14. The molecule has 0 radical (unpaired) electrons. The van der Waals surface area contributed by atoms with Crippen molar-refractivity contribution in [2.24, 2.45) is 0 Å². The third-order valence-electron chi connectivity index (χ3n) is 3.30. The topological polar surface area (TPSA) is 25.2 Å². The molecule has 20 heavy (non-hydrogen) atoms. The van der Waals surface area contributed by atoms with Crippen molar-refractivity contribution < 1.29 is 4.42 Å². The zero-order valence-electron chi connectivity index (χ0n) is 12.4. The molecule has 1 aromatic carbocycles. The highest BCUT2D eigenvalue weighted by molar-refractivity contribution is 9.10. The summed E-state index contributed by atoms with van der Waals surface area (Å²) in [7, 11) is 0. The summed E-state index contributed by atoms with van der Waals surface area (Å²) in [6.07, 6.45) is 2.06. The van der Waals surface area contributed by atoms with Crippen LogP contribution in [0.15, 0.2) is 39.4 Å². The standard InChI is InChI=1S/C17H22BrNO/c1-4-7-19-15(16-5-6-17(18)20-16)11-14-9-12(2)8-13(3)10-14/h5-6,8-10,15,19H,4,7,11H2,1-3H3. The van der Waals surface area contributed by atoms with Crippen LogP contribution in [0.1, 0.15) is 41.8 Å². The van der Waals surface area contributed by atoms with Crippen molar-refractivity contribution in [3.8, 4) is 0 Å². The molecule has 1 atom stereocenters. The van der Waals surface area contributed by atoms with Crippen LogP contribution in [0, 0.1) is 13.8 Å². The summed E-state index contributed by atoms with van der Waals surface area (Å²) in [5, 5.41) is 3.57. The Morgan fingerprint density at radius 3 is 2.40 bits per heavy atom. The van der Waals surface area contributed by atoms with Gasteiger partial charge in [0.25, 0.3) is 0 Å². The molecule has 0 fully saturated rings. The fraction of sp³-hybridized carbons (Fsp3) is 0.412. The summed E-state index contributed by atoms with van der Waals surface area (Å²) < 4.78 is 6.52. The lowest BCUT2D eigenvalue weighted by atomic mass is 10.00. The van der Waals surface area contributed by atoms with Crippen molar-refractivity contribution in [3.63, 3.8) is 0 Å². The van der Waals surface area contributed by atoms with Crippen LogP contribution in [0.2, 0.25) is 0 Å². The first kappa shape index (κ1) is 15.3. The van der Waals surface area contributed by atoms with E-state index in [-0.39, 0.29) is 6.04 Å². The van der Waals surface area contributed by atoms with Gasteiger partial charge in [0.05, 0.1) is 6.04 Å². The van der Waals surface area contributed by atoms with Crippen LogP contribution in [0.3, 0.4) is 0 Å². The van der Waals surface area contributed by atoms with Gasteiger partial charge in [-0.25, -0.2) is 0 Å². The van der Waals surface area contributed by atoms with Gasteiger partial charge in [-0.3, -0.25) is 0 Å². The molecule has 0 bridgehead atoms. The van der Waals surface area contributed by atoms with Gasteiger partial charge in [-0.2, -0.15) is 0 Å². The molecule has 2 rings (SSSR count). The number of halogens is 1. The van der Waals surface area contributed by atoms with Gasteiger partial charge >= 0.3 is 0 Å². The van der Waals surface area contributed by atoms with E-state index in [0.717, 1.165) is 29.8 Å². The Labute approximate surface area is 129 Å². The molecule has 1 N–H and O–H groups in total. The SMILES string of the molecule is CCCNC(Cc1cc(C)cc(C)c1)c1ccc(Br)o1. The third kappa shape index (κ3) is 4.22. The molecule has 0 spiro atoms. The van der Waals surface area contributed by atoms with Gasteiger partial charge in [-0.1, -0.05) is 36.2 Å². The molecule has 2 nitrogen and oxygen atoms in total. The smallest absolute Gasteiger partial charge is 0.169 e. The Bertz CT molecular complexity index is 542. The number of furan rings is 1. The van der Waals surface area contributed by atoms with Crippen LogP contribution < -0.4 is 5.32 Å². The molecule has 1 heterocycles. The van der Waals surface area contributed by atoms with Crippen LogP contribution >= 0.6 is 15.9 Å². The first-order chi connectivity index (χ1) is 9.58. The van der Waals surface area contributed by atoms with Crippen molar-refractivity contribution >= 4 is 15.9 Å². The van der Waals surface area contributed by atoms with E-state index in [4.69, 9.17) is 4.42 Å². The number of nitrogens with one attached hydrogen (secondary N) is 1. The second-order valence-electron chi connectivity index (χ2n) is 5.35. The summed E-state index contributed by atoms with van der Waals surface area (Å²) in [4.78, 5) is 0. The second-order valence-corrected chi connectivity index (χ2v) is 6.13. The minimum Gasteiger partial charge on any atom is -0.453 e. The Balaban J connectivity index is 2.18. The predicted octanol–water partition coefficient (Wildman–Crippen LogP) is 4.94. The second kappa shape index (κ2) is 7.09. The predicted molar refractivity (Wildman–Crippen MR) is 87.1 cm³/mol. The number of benzene rings is 1. The lowest BCUT2D eigenvalue weighted by molar-refractivity contribution is 0.400. The Kier molecular flexibility index (Phi) is 5.44. The van der Waals surface area contributed by atoms with Crippen LogP contribution in [-0.4, -0.2) is 6.54 Å². The number of hydrogen-bond acceptors (Lipinski definition) is 2. The minimum absolute atomic E-state index is 0.224. The molecule has 1 unspecified atom stereocenters. The van der Waals surface area contributed by atoms with E-state index >= 15 is 0 Å². The van der Waals surface area contributed by atoms with Gasteiger partial charge in [0, 0.05) is 0 Å². The first-order valence-corrected chi connectivity index (χ1v) is 7.93. The number of hydrogen-bond donors (Lipinski definition) is 1. The maximum absolute atomic E-state index is 5.73. The minimum atomic E-state index is 0.224. The lowest BCUT2D eigenvalue weighted by Crippen LogP contribution is -2.23. The highest BCUT2D eigenvalue weighted by Crippen LogP contribution is 2.24. The molecule has 0 aliphatic heterocycles. The Morgan fingerprint density at radius 2 is 1.85 bits per heavy atom. The molecule has 2 aromatic rings. The Hall–Kier alpha value is -1.06. The van der Waals surface area contributed by atoms with E-state index in [2.05, 4.69) is 60.2 Å². The van der Waals surface area contributed by atoms with E-state index in [9.17, 15) is 0 Å². The largest absolute Gasteiger partial charge is 0.453 e. The number of aryl methyl sites for hydroxylation is 2. The van der Waals surface area contributed by atoms with Crippen molar-refractivity contribution in [2.45, 2.75) is 39.7 Å². The number of rotatable bonds is 6. The fourth-order valence-corrected chi connectivity index (χ4v) is 2.85. The molecule has 108 valence electrons. The van der Waals surface area contributed by atoms with Crippen LogP contribution in [0.5, 0.6) is 0 Å². The van der Waals surface area contributed by atoms with Crippen molar-refractivity contribution in [1.29, 1.82) is 0 Å². The highest BCUT2D eigenvalue weighted by Gasteiger charge is 2.15. The van der Waals surface area contributed by atoms with E-state index in [1.54, 1.807) is 0 Å². The fourth-order valence-electron chi connectivity index (χ4n) is 2.53. The van der Waals surface area contributed by atoms with Crippen LogP contribution in [-0.2, 0) is 6.42 Å². The molecule has 0 amide bonds. The monoisotopic (exact) mass is 335 g/mol. The molecular weight excluding hydrogens is 314 g/mol. The van der Waals surface area contributed by atoms with Gasteiger partial charge < -0.3 is 9.73 Å². The quantitative estimate of drug-likeness (QED) is 0.808. The van der Waals surface area contributed by atoms with E-state index in [1.165, 1.54) is 16.7 Å². The molecule has 0 aliphatic rings.